The van der Waals surface area contributed by atoms with Crippen molar-refractivity contribution in [1.29, 1.82) is 0 Å². The average molecular weight is 208 g/mol. The minimum absolute atomic E-state index is 0.494. The zero-order valence-corrected chi connectivity index (χ0v) is 9.82. The van der Waals surface area contributed by atoms with E-state index in [4.69, 9.17) is 44.3 Å². The summed E-state index contributed by atoms with van der Waals surface area (Å²) in [5.74, 6) is -2.96. The van der Waals surface area contributed by atoms with Crippen LogP contribution in [0.1, 0.15) is 20.8 Å². The molecule has 0 saturated carbocycles. The first-order valence-corrected chi connectivity index (χ1v) is 4.74. The third kappa shape index (κ3) is 3.65. The minimum atomic E-state index is -1.99. The molecule has 10 radical (unpaired) electrons. The third-order valence-electron chi connectivity index (χ3n) is 2.08. The zero-order chi connectivity index (χ0) is 13.4. The van der Waals surface area contributed by atoms with E-state index in [2.05, 4.69) is 5.32 Å². The van der Waals surface area contributed by atoms with Gasteiger partial charge in [-0.3, -0.25) is 4.79 Å². The topological polar surface area (TPSA) is 49.3 Å². The van der Waals surface area contributed by atoms with E-state index >= 15 is 0 Å². The Morgan fingerprint density at radius 1 is 1.19 bits per heavy atom. The van der Waals surface area contributed by atoms with Crippen LogP contribution in [0.3, 0.4) is 0 Å². The first-order chi connectivity index (χ1) is 6.81. The second-order valence-electron chi connectivity index (χ2n) is 4.99. The lowest BCUT2D eigenvalue weighted by Gasteiger charge is -2.51. The van der Waals surface area contributed by atoms with Gasteiger partial charge in [0.05, 0.1) is 39.2 Å². The molecule has 1 unspecified atom stereocenters. The molecular weight excluding hydrogens is 196 g/mol. The second kappa shape index (κ2) is 4.56. The van der Waals surface area contributed by atoms with Crippen LogP contribution in [0.25, 0.3) is 0 Å². The predicted molar refractivity (Wildman–Crippen MR) is 68.5 cm³/mol. The van der Waals surface area contributed by atoms with E-state index in [0.717, 1.165) is 0 Å². The number of rotatable bonds is 4. The summed E-state index contributed by atoms with van der Waals surface area (Å²) in [5.41, 5.74) is -0.494. The summed E-state index contributed by atoms with van der Waals surface area (Å²) in [5, 5.41) is 7.68. The minimum Gasteiger partial charge on any atom is -0.482 e. The normalized spacial score (nSPS) is 15.7. The van der Waals surface area contributed by atoms with Gasteiger partial charge < -0.3 is 10.4 Å². The van der Waals surface area contributed by atoms with E-state index in [0.29, 0.717) is 0 Å². The van der Waals surface area contributed by atoms with Crippen LogP contribution in [0.4, 0.5) is 0 Å². The first kappa shape index (κ1) is 15.8. The largest absolute Gasteiger partial charge is 0.482 e. The van der Waals surface area contributed by atoms with Crippen molar-refractivity contribution < 1.29 is 9.90 Å². The van der Waals surface area contributed by atoms with Crippen molar-refractivity contribution in [3.05, 3.63) is 0 Å². The standard InChI is InChI=1S/C8H12B5NO2/c1-6(2,3)14-8(12,13)7(10,11)4(9)5(15)16/h4,14H,1-3H3,(H,15,16). The number of carboxylic acid groups (broad SMARTS) is 1. The quantitative estimate of drug-likeness (QED) is 0.574. The Hall–Kier alpha value is -0.245. The van der Waals surface area contributed by atoms with Gasteiger partial charge in [0.15, 0.2) is 0 Å². The Bertz CT molecular complexity index is 274. The number of aliphatic carboxylic acids is 1. The molecule has 0 spiro atoms. The maximum Gasteiger partial charge on any atom is 0.296 e. The molecule has 0 bridgehead atoms. The monoisotopic (exact) mass is 209 g/mol. The average Bonchev–Trinajstić information content (AvgIpc) is 1.97. The highest BCUT2D eigenvalue weighted by molar-refractivity contribution is 6.57. The molecule has 0 aromatic rings. The van der Waals surface area contributed by atoms with Gasteiger partial charge in [0.25, 0.3) is 5.97 Å². The van der Waals surface area contributed by atoms with Crippen LogP contribution >= 0.6 is 0 Å². The van der Waals surface area contributed by atoms with Crippen LogP contribution < -0.4 is 5.32 Å². The van der Waals surface area contributed by atoms with Crippen molar-refractivity contribution in [2.75, 3.05) is 0 Å². The molecule has 0 heterocycles. The molecule has 0 aromatic heterocycles. The van der Waals surface area contributed by atoms with Gasteiger partial charge >= 0.3 is 0 Å². The number of hydrogen-bond acceptors (Lipinski definition) is 2. The van der Waals surface area contributed by atoms with Gasteiger partial charge in [-0.25, -0.2) is 0 Å². The molecule has 8 heteroatoms. The lowest BCUT2D eigenvalue weighted by Crippen LogP contribution is -2.64. The molecular formula is C8H12B5NO2. The number of nitrogens with one attached hydrogen (secondary N) is 1. The highest BCUT2D eigenvalue weighted by Gasteiger charge is 2.42. The van der Waals surface area contributed by atoms with Crippen LogP contribution in [-0.2, 0) is 4.79 Å². The van der Waals surface area contributed by atoms with E-state index in [1.165, 1.54) is 0 Å². The summed E-state index contributed by atoms with van der Waals surface area (Å²) in [6.45, 7) is 5.34. The predicted octanol–water partition coefficient (Wildman–Crippen LogP) is -1.14. The molecule has 16 heavy (non-hydrogen) atoms. The summed E-state index contributed by atoms with van der Waals surface area (Å²) >= 11 is 0. The maximum absolute atomic E-state index is 10.7. The van der Waals surface area contributed by atoms with Crippen LogP contribution in [0.2, 0.25) is 11.0 Å². The second-order valence-corrected chi connectivity index (χ2v) is 4.99. The molecule has 0 aromatic carbocycles. The molecule has 0 aliphatic rings. The Morgan fingerprint density at radius 3 is 1.81 bits per heavy atom. The number of hydrogen-bond donors (Lipinski definition) is 2. The van der Waals surface area contributed by atoms with E-state index in [1.54, 1.807) is 20.8 Å². The Kier molecular flexibility index (Phi) is 4.49. The third-order valence-corrected chi connectivity index (χ3v) is 2.08. The zero-order valence-electron chi connectivity index (χ0n) is 9.82. The van der Waals surface area contributed by atoms with Crippen molar-refractivity contribution >= 4 is 45.2 Å². The molecule has 0 amide bonds. The van der Waals surface area contributed by atoms with E-state index in [-0.39, 0.29) is 0 Å². The fraction of sp³-hybridized carbons (Fsp3) is 0.875. The molecule has 3 nitrogen and oxygen atoms in total. The summed E-state index contributed by atoms with van der Waals surface area (Å²) in [7, 11) is 27.9. The molecule has 0 fully saturated rings. The number of carbonyl (C=O) groups is 1. The van der Waals surface area contributed by atoms with Crippen molar-refractivity contribution in [3.8, 4) is 0 Å². The Balaban J connectivity index is 5.05. The van der Waals surface area contributed by atoms with Crippen LogP contribution in [0.15, 0.2) is 0 Å². The highest BCUT2D eigenvalue weighted by Crippen LogP contribution is 2.39. The van der Waals surface area contributed by atoms with Gasteiger partial charge in [-0.05, 0) is 20.8 Å². The molecule has 76 valence electrons. The molecule has 0 aliphatic heterocycles. The Morgan fingerprint density at radius 2 is 1.56 bits per heavy atom. The van der Waals surface area contributed by atoms with Crippen LogP contribution in [0.5, 0.6) is 0 Å². The maximum atomic E-state index is 10.7. The summed E-state index contributed by atoms with van der Waals surface area (Å²) in [6, 6.07) is 0. The Labute approximate surface area is 104 Å². The molecule has 0 aliphatic carbocycles. The van der Waals surface area contributed by atoms with Gasteiger partial charge in [0, 0.05) is 11.4 Å². The molecule has 0 rings (SSSR count). The van der Waals surface area contributed by atoms with Crippen molar-refractivity contribution in [3.63, 3.8) is 0 Å². The number of carboxylic acids is 1. The fourth-order valence-corrected chi connectivity index (χ4v) is 1.19. The van der Waals surface area contributed by atoms with Crippen molar-refractivity contribution in [1.82, 2.24) is 5.32 Å². The van der Waals surface area contributed by atoms with E-state index < -0.39 is 27.9 Å². The molecule has 1 atom stereocenters. The summed E-state index contributed by atoms with van der Waals surface area (Å²) in [6.07, 6.45) is 0. The van der Waals surface area contributed by atoms with Gasteiger partial charge in [0.1, 0.15) is 0 Å². The first-order valence-electron chi connectivity index (χ1n) is 4.74. The lowest BCUT2D eigenvalue weighted by atomic mass is 9.28. The van der Waals surface area contributed by atoms with Crippen molar-refractivity contribution in [2.24, 2.45) is 0 Å². The van der Waals surface area contributed by atoms with E-state index in [1.807, 2.05) is 0 Å². The van der Waals surface area contributed by atoms with Crippen LogP contribution in [-0.4, -0.2) is 61.2 Å². The van der Waals surface area contributed by atoms with Gasteiger partial charge in [-0.2, -0.15) is 0 Å². The fourth-order valence-electron chi connectivity index (χ4n) is 1.19. The van der Waals surface area contributed by atoms with Gasteiger partial charge in [-0.15, -0.1) is 0 Å². The molecule has 2 N–H and O–H groups in total. The van der Waals surface area contributed by atoms with Gasteiger partial charge in [-0.1, -0.05) is 10.6 Å². The SMILES string of the molecule is [B]C(C(=O)O)C([B])([B])C([B])([B])NC(C)(C)C. The summed E-state index contributed by atoms with van der Waals surface area (Å²) < 4.78 is 0. The lowest BCUT2D eigenvalue weighted by molar-refractivity contribution is -0.137. The smallest absolute Gasteiger partial charge is 0.296 e. The highest BCUT2D eigenvalue weighted by atomic mass is 16.4. The molecule has 0 saturated heterocycles. The van der Waals surface area contributed by atoms with Crippen molar-refractivity contribution in [2.45, 2.75) is 42.7 Å². The van der Waals surface area contributed by atoms with E-state index in [9.17, 15) is 4.79 Å². The summed E-state index contributed by atoms with van der Waals surface area (Å²) in [4.78, 5) is 10.7. The van der Waals surface area contributed by atoms with Crippen LogP contribution in [0, 0.1) is 0 Å². The van der Waals surface area contributed by atoms with Gasteiger partial charge in [0.2, 0.25) is 0 Å².